The fourth-order valence-electron chi connectivity index (χ4n) is 2.34. The van der Waals surface area contributed by atoms with Crippen LogP contribution in [-0.2, 0) is 16.1 Å². The van der Waals surface area contributed by atoms with Crippen LogP contribution in [0.15, 0.2) is 18.2 Å². The molecule has 1 aromatic rings. The minimum Gasteiger partial charge on any atom is -0.320 e. The predicted molar refractivity (Wildman–Crippen MR) is 76.3 cm³/mol. The molecule has 5 heteroatoms. The first-order chi connectivity index (χ1) is 9.83. The van der Waals surface area contributed by atoms with Crippen molar-refractivity contribution < 1.29 is 14.0 Å². The minimum atomic E-state index is -0.688. The second kappa shape index (κ2) is 5.66. The van der Waals surface area contributed by atoms with E-state index in [9.17, 15) is 14.0 Å². The van der Waals surface area contributed by atoms with Gasteiger partial charge in [-0.1, -0.05) is 25.7 Å². The monoisotopic (exact) mass is 288 g/mol. The average Bonchev–Trinajstić information content (AvgIpc) is 2.58. The molecule has 0 unspecified atom stereocenters. The van der Waals surface area contributed by atoms with Gasteiger partial charge in [0, 0.05) is 12.0 Å². The summed E-state index contributed by atoms with van der Waals surface area (Å²) in [6.07, 6.45) is 0.182. The summed E-state index contributed by atoms with van der Waals surface area (Å²) in [4.78, 5) is 25.2. The second-order valence-electron chi connectivity index (χ2n) is 5.70. The van der Waals surface area contributed by atoms with Gasteiger partial charge in [-0.25, -0.2) is 4.39 Å². The maximum absolute atomic E-state index is 13.6. The van der Waals surface area contributed by atoms with Crippen molar-refractivity contribution in [1.29, 1.82) is 0 Å². The van der Waals surface area contributed by atoms with Crippen molar-refractivity contribution in [3.63, 3.8) is 0 Å². The molecule has 0 atom stereocenters. The first kappa shape index (κ1) is 15.2. The Balaban J connectivity index is 2.26. The number of halogens is 1. The van der Waals surface area contributed by atoms with E-state index in [4.69, 9.17) is 5.73 Å². The standard InChI is InChI=1S/C16H17FN2O2/c1-16(2)9-14(20)19(15(16)21)10-12-6-11(4-3-5-18)7-13(17)8-12/h6-8H,5,9-10,18H2,1-2H3. The molecule has 2 amide bonds. The SMILES string of the molecule is CC1(C)CC(=O)N(Cc2cc(F)cc(C#CCN)c2)C1=O. The van der Waals surface area contributed by atoms with Crippen molar-refractivity contribution in [2.24, 2.45) is 11.1 Å². The zero-order chi connectivity index (χ0) is 15.6. The topological polar surface area (TPSA) is 63.4 Å². The van der Waals surface area contributed by atoms with Crippen molar-refractivity contribution in [3.8, 4) is 11.8 Å². The highest BCUT2D eigenvalue weighted by Gasteiger charge is 2.44. The van der Waals surface area contributed by atoms with Gasteiger partial charge < -0.3 is 5.73 Å². The summed E-state index contributed by atoms with van der Waals surface area (Å²) in [6, 6.07) is 4.26. The molecule has 0 saturated carbocycles. The first-order valence-electron chi connectivity index (χ1n) is 6.67. The third kappa shape index (κ3) is 3.29. The van der Waals surface area contributed by atoms with E-state index in [1.54, 1.807) is 19.9 Å². The van der Waals surface area contributed by atoms with Crippen LogP contribution in [0.5, 0.6) is 0 Å². The maximum atomic E-state index is 13.6. The molecule has 110 valence electrons. The van der Waals surface area contributed by atoms with Crippen molar-refractivity contribution in [2.45, 2.75) is 26.8 Å². The Morgan fingerprint density at radius 3 is 2.62 bits per heavy atom. The summed E-state index contributed by atoms with van der Waals surface area (Å²) in [5, 5.41) is 0. The second-order valence-corrected chi connectivity index (χ2v) is 5.70. The van der Waals surface area contributed by atoms with Gasteiger partial charge in [-0.2, -0.15) is 0 Å². The summed E-state index contributed by atoms with van der Waals surface area (Å²) in [5.74, 6) is 4.48. The van der Waals surface area contributed by atoms with Gasteiger partial charge >= 0.3 is 0 Å². The number of nitrogens with two attached hydrogens (primary N) is 1. The molecule has 2 N–H and O–H groups in total. The van der Waals surface area contributed by atoms with Crippen molar-refractivity contribution in [2.75, 3.05) is 6.54 Å². The fourth-order valence-corrected chi connectivity index (χ4v) is 2.34. The number of hydrogen-bond donors (Lipinski definition) is 1. The zero-order valence-corrected chi connectivity index (χ0v) is 12.1. The highest BCUT2D eigenvalue weighted by molar-refractivity contribution is 6.05. The van der Waals surface area contributed by atoms with E-state index in [0.29, 0.717) is 11.1 Å². The number of likely N-dealkylation sites (tertiary alicyclic amines) is 1. The summed E-state index contributed by atoms with van der Waals surface area (Å²) < 4.78 is 13.6. The zero-order valence-electron chi connectivity index (χ0n) is 12.1. The lowest BCUT2D eigenvalue weighted by molar-refractivity contribution is -0.141. The molecule has 4 nitrogen and oxygen atoms in total. The molecule has 21 heavy (non-hydrogen) atoms. The molecule has 1 fully saturated rings. The number of carbonyl (C=O) groups is 2. The number of imide groups is 1. The molecule has 0 aromatic heterocycles. The molecule has 1 heterocycles. The summed E-state index contributed by atoms with van der Waals surface area (Å²) in [7, 11) is 0. The third-order valence-electron chi connectivity index (χ3n) is 3.35. The van der Waals surface area contributed by atoms with E-state index in [-0.39, 0.29) is 31.3 Å². The van der Waals surface area contributed by atoms with Gasteiger partial charge in [-0.15, -0.1) is 0 Å². The first-order valence-corrected chi connectivity index (χ1v) is 6.67. The van der Waals surface area contributed by atoms with Crippen LogP contribution in [0.25, 0.3) is 0 Å². The largest absolute Gasteiger partial charge is 0.320 e. The van der Waals surface area contributed by atoms with Crippen molar-refractivity contribution in [3.05, 3.63) is 35.1 Å². The molecule has 0 bridgehead atoms. The highest BCUT2D eigenvalue weighted by atomic mass is 19.1. The summed E-state index contributed by atoms with van der Waals surface area (Å²) >= 11 is 0. The Hall–Kier alpha value is -2.19. The van der Waals surface area contributed by atoms with Crippen LogP contribution < -0.4 is 5.73 Å². The van der Waals surface area contributed by atoms with Gasteiger partial charge in [0.25, 0.3) is 0 Å². The van der Waals surface area contributed by atoms with Crippen molar-refractivity contribution in [1.82, 2.24) is 4.90 Å². The van der Waals surface area contributed by atoms with E-state index in [0.717, 1.165) is 0 Å². The van der Waals surface area contributed by atoms with Crippen molar-refractivity contribution >= 4 is 11.8 Å². The number of benzene rings is 1. The smallest absolute Gasteiger partial charge is 0.235 e. The third-order valence-corrected chi connectivity index (χ3v) is 3.35. The van der Waals surface area contributed by atoms with E-state index in [2.05, 4.69) is 11.8 Å². The molecule has 1 aromatic carbocycles. The molecule has 2 rings (SSSR count). The normalized spacial score (nSPS) is 16.9. The Morgan fingerprint density at radius 2 is 2.05 bits per heavy atom. The van der Waals surface area contributed by atoms with Gasteiger partial charge in [0.1, 0.15) is 5.82 Å². The van der Waals surface area contributed by atoms with Crippen LogP contribution in [0.3, 0.4) is 0 Å². The van der Waals surface area contributed by atoms with Gasteiger partial charge in [0.15, 0.2) is 0 Å². The lowest BCUT2D eigenvalue weighted by Crippen LogP contribution is -2.32. The van der Waals surface area contributed by atoms with E-state index >= 15 is 0 Å². The van der Waals surface area contributed by atoms with Crippen LogP contribution in [-0.4, -0.2) is 23.3 Å². The number of amides is 2. The van der Waals surface area contributed by atoms with Gasteiger partial charge in [0.2, 0.25) is 11.8 Å². The Bertz CT molecular complexity index is 656. The number of hydrogen-bond acceptors (Lipinski definition) is 3. The lowest BCUT2D eigenvalue weighted by atomic mass is 9.92. The van der Waals surface area contributed by atoms with E-state index in [1.165, 1.54) is 17.0 Å². The Morgan fingerprint density at radius 1 is 1.33 bits per heavy atom. The average molecular weight is 288 g/mol. The maximum Gasteiger partial charge on any atom is 0.235 e. The van der Waals surface area contributed by atoms with Crippen LogP contribution in [0, 0.1) is 23.1 Å². The molecule has 0 spiro atoms. The van der Waals surface area contributed by atoms with Gasteiger partial charge in [-0.05, 0) is 23.8 Å². The molecule has 1 saturated heterocycles. The number of nitrogens with zero attached hydrogens (tertiary/aromatic N) is 1. The predicted octanol–water partition coefficient (Wildman–Crippen LogP) is 1.42. The highest BCUT2D eigenvalue weighted by Crippen LogP contribution is 2.32. The molecule has 1 aliphatic heterocycles. The van der Waals surface area contributed by atoms with Crippen LogP contribution in [0.2, 0.25) is 0 Å². The molecule has 0 aliphatic carbocycles. The van der Waals surface area contributed by atoms with Gasteiger partial charge in [0.05, 0.1) is 18.5 Å². The summed E-state index contributed by atoms with van der Waals surface area (Å²) in [6.45, 7) is 3.72. The Labute approximate surface area is 123 Å². The molecule has 0 radical (unpaired) electrons. The lowest BCUT2D eigenvalue weighted by Gasteiger charge is -2.18. The fraction of sp³-hybridized carbons (Fsp3) is 0.375. The minimum absolute atomic E-state index is 0.0656. The number of rotatable bonds is 2. The van der Waals surface area contributed by atoms with Crippen LogP contribution in [0.1, 0.15) is 31.4 Å². The van der Waals surface area contributed by atoms with E-state index in [1.807, 2.05) is 0 Å². The van der Waals surface area contributed by atoms with Crippen LogP contribution in [0.4, 0.5) is 4.39 Å². The van der Waals surface area contributed by atoms with Crippen LogP contribution >= 0.6 is 0 Å². The molecular weight excluding hydrogens is 271 g/mol. The quantitative estimate of drug-likeness (QED) is 0.661. The Kier molecular flexibility index (Phi) is 4.10. The molecular formula is C16H17FN2O2. The number of carbonyl (C=O) groups excluding carboxylic acids is 2. The van der Waals surface area contributed by atoms with Gasteiger partial charge in [-0.3, -0.25) is 14.5 Å². The summed E-state index contributed by atoms with van der Waals surface area (Å²) in [5.41, 5.74) is 5.62. The van der Waals surface area contributed by atoms with E-state index < -0.39 is 11.2 Å². The molecule has 1 aliphatic rings.